The van der Waals surface area contributed by atoms with Crippen molar-refractivity contribution in [2.45, 2.75) is 13.0 Å². The molecule has 4 aromatic rings. The van der Waals surface area contributed by atoms with Crippen LogP contribution < -0.4 is 9.64 Å². The Morgan fingerprint density at radius 3 is 2.40 bits per heavy atom. The summed E-state index contributed by atoms with van der Waals surface area (Å²) >= 11 is 6.22. The van der Waals surface area contributed by atoms with Crippen LogP contribution in [0.5, 0.6) is 5.75 Å². The van der Waals surface area contributed by atoms with E-state index in [1.165, 1.54) is 4.90 Å². The van der Waals surface area contributed by atoms with E-state index in [1.54, 1.807) is 54.6 Å². The molecule has 0 radical (unpaired) electrons. The molecule has 0 bridgehead atoms. The first-order valence-electron chi connectivity index (χ1n) is 11.3. The van der Waals surface area contributed by atoms with Gasteiger partial charge in [0.1, 0.15) is 11.5 Å². The minimum absolute atomic E-state index is 0.0236. The largest absolute Gasteiger partial charge is 0.507 e. The molecule has 0 saturated carbocycles. The number of ketones is 1. The molecule has 1 heterocycles. The van der Waals surface area contributed by atoms with Gasteiger partial charge >= 0.3 is 0 Å². The fourth-order valence-corrected chi connectivity index (χ4v) is 4.71. The van der Waals surface area contributed by atoms with Gasteiger partial charge in [0.05, 0.1) is 18.2 Å². The molecule has 1 atom stereocenters. The van der Waals surface area contributed by atoms with Crippen molar-refractivity contribution in [3.63, 3.8) is 0 Å². The Morgan fingerprint density at radius 1 is 0.943 bits per heavy atom. The predicted molar refractivity (Wildman–Crippen MR) is 138 cm³/mol. The molecule has 5 rings (SSSR count). The fraction of sp³-hybridized carbons (Fsp3) is 0.103. The molecule has 35 heavy (non-hydrogen) atoms. The predicted octanol–water partition coefficient (Wildman–Crippen LogP) is 6.52. The summed E-state index contributed by atoms with van der Waals surface area (Å²) < 4.78 is 5.56. The zero-order valence-corrected chi connectivity index (χ0v) is 19.7. The maximum absolute atomic E-state index is 13.4. The van der Waals surface area contributed by atoms with Crippen molar-refractivity contribution in [1.82, 2.24) is 0 Å². The van der Waals surface area contributed by atoms with Gasteiger partial charge in [-0.1, -0.05) is 72.3 Å². The highest BCUT2D eigenvalue weighted by Gasteiger charge is 2.47. The number of hydrogen-bond donors (Lipinski definition) is 1. The fourth-order valence-electron chi connectivity index (χ4n) is 4.53. The van der Waals surface area contributed by atoms with Gasteiger partial charge in [0, 0.05) is 16.3 Å². The van der Waals surface area contributed by atoms with E-state index in [4.69, 9.17) is 16.3 Å². The smallest absolute Gasteiger partial charge is 0.300 e. The molecule has 1 saturated heterocycles. The first kappa shape index (κ1) is 22.7. The molecule has 0 aromatic heterocycles. The van der Waals surface area contributed by atoms with E-state index in [1.807, 2.05) is 43.3 Å². The zero-order valence-electron chi connectivity index (χ0n) is 18.9. The number of ether oxygens (including phenoxy) is 1. The Kier molecular flexibility index (Phi) is 6.01. The third-order valence-corrected chi connectivity index (χ3v) is 6.32. The van der Waals surface area contributed by atoms with Crippen molar-refractivity contribution in [3.05, 3.63) is 113 Å². The summed E-state index contributed by atoms with van der Waals surface area (Å²) in [5.74, 6) is -1.03. The SMILES string of the molecule is CCOc1ccc(C2/C(=C(/O)c3cccc4ccccc34)C(=O)C(=O)N2c2cccc(Cl)c2)cc1. The second-order valence-corrected chi connectivity index (χ2v) is 8.61. The standard InChI is InChI=1S/C29H22ClNO4/c1-2-35-22-15-13-19(14-16-22)26-25(27(32)24-12-5-8-18-7-3-4-11-23(18)24)28(33)29(34)31(26)21-10-6-9-20(30)17-21/h3-17,26,32H,2H2,1H3/b27-25-. The summed E-state index contributed by atoms with van der Waals surface area (Å²) in [6.07, 6.45) is 0. The molecular formula is C29H22ClNO4. The summed E-state index contributed by atoms with van der Waals surface area (Å²) in [4.78, 5) is 28.1. The van der Waals surface area contributed by atoms with Crippen molar-refractivity contribution < 1.29 is 19.4 Å². The lowest BCUT2D eigenvalue weighted by atomic mass is 9.93. The van der Waals surface area contributed by atoms with E-state index < -0.39 is 17.7 Å². The maximum Gasteiger partial charge on any atom is 0.300 e. The number of Topliss-reactive ketones (excluding diaryl/α,β-unsaturated/α-hetero) is 1. The number of hydrogen-bond acceptors (Lipinski definition) is 4. The number of aliphatic hydroxyl groups is 1. The van der Waals surface area contributed by atoms with E-state index in [0.717, 1.165) is 10.8 Å². The zero-order chi connectivity index (χ0) is 24.5. The van der Waals surface area contributed by atoms with Crippen LogP contribution >= 0.6 is 11.6 Å². The molecule has 1 unspecified atom stereocenters. The Morgan fingerprint density at radius 2 is 1.66 bits per heavy atom. The third kappa shape index (κ3) is 4.04. The van der Waals surface area contributed by atoms with Gasteiger partial charge < -0.3 is 9.84 Å². The number of nitrogens with zero attached hydrogens (tertiary/aromatic N) is 1. The maximum atomic E-state index is 13.4. The molecule has 1 aliphatic heterocycles. The van der Waals surface area contributed by atoms with Crippen LogP contribution in [-0.2, 0) is 9.59 Å². The number of aliphatic hydroxyl groups excluding tert-OH is 1. The summed E-state index contributed by atoms with van der Waals surface area (Å²) in [6, 6.07) is 26.2. The van der Waals surface area contributed by atoms with Crippen molar-refractivity contribution >= 4 is 45.5 Å². The van der Waals surface area contributed by atoms with Gasteiger partial charge in [-0.05, 0) is 53.6 Å². The summed E-state index contributed by atoms with van der Waals surface area (Å²) in [5.41, 5.74) is 1.64. The average molecular weight is 484 g/mol. The molecule has 5 nitrogen and oxygen atoms in total. The quantitative estimate of drug-likeness (QED) is 0.199. The molecule has 1 N–H and O–H groups in total. The van der Waals surface area contributed by atoms with Gasteiger partial charge in [0.15, 0.2) is 0 Å². The second kappa shape index (κ2) is 9.28. The summed E-state index contributed by atoms with van der Waals surface area (Å²) in [6.45, 7) is 2.41. The molecule has 6 heteroatoms. The van der Waals surface area contributed by atoms with Crippen LogP contribution in [0.4, 0.5) is 5.69 Å². The molecule has 1 aliphatic rings. The number of carbonyl (C=O) groups excluding carboxylic acids is 2. The van der Waals surface area contributed by atoms with E-state index in [-0.39, 0.29) is 11.3 Å². The van der Waals surface area contributed by atoms with Gasteiger partial charge in [-0.2, -0.15) is 0 Å². The van der Waals surface area contributed by atoms with E-state index in [9.17, 15) is 14.7 Å². The topological polar surface area (TPSA) is 66.8 Å². The normalized spacial score (nSPS) is 17.2. The first-order chi connectivity index (χ1) is 17.0. The van der Waals surface area contributed by atoms with Gasteiger partial charge in [0.2, 0.25) is 0 Å². The third-order valence-electron chi connectivity index (χ3n) is 6.08. The van der Waals surface area contributed by atoms with Gasteiger partial charge in [-0.15, -0.1) is 0 Å². The van der Waals surface area contributed by atoms with Crippen molar-refractivity contribution in [1.29, 1.82) is 0 Å². The number of fused-ring (bicyclic) bond motifs is 1. The molecule has 4 aromatic carbocycles. The highest BCUT2D eigenvalue weighted by atomic mass is 35.5. The molecule has 0 spiro atoms. The number of benzene rings is 4. The van der Waals surface area contributed by atoms with Crippen LogP contribution in [0.25, 0.3) is 16.5 Å². The number of carbonyl (C=O) groups is 2. The minimum Gasteiger partial charge on any atom is -0.507 e. The van der Waals surface area contributed by atoms with Crippen LogP contribution in [-0.4, -0.2) is 23.4 Å². The van der Waals surface area contributed by atoms with Crippen molar-refractivity contribution in [2.24, 2.45) is 0 Å². The lowest BCUT2D eigenvalue weighted by Gasteiger charge is -2.26. The van der Waals surface area contributed by atoms with E-state index in [0.29, 0.717) is 34.2 Å². The first-order valence-corrected chi connectivity index (χ1v) is 11.6. The van der Waals surface area contributed by atoms with Crippen LogP contribution in [0.1, 0.15) is 24.1 Å². The van der Waals surface area contributed by atoms with E-state index >= 15 is 0 Å². The minimum atomic E-state index is -0.844. The lowest BCUT2D eigenvalue weighted by molar-refractivity contribution is -0.132. The number of anilines is 1. The average Bonchev–Trinajstić information content (AvgIpc) is 3.14. The Hall–Kier alpha value is -4.09. The number of rotatable bonds is 5. The van der Waals surface area contributed by atoms with Crippen LogP contribution in [0, 0.1) is 0 Å². The van der Waals surface area contributed by atoms with Gasteiger partial charge in [-0.25, -0.2) is 0 Å². The van der Waals surface area contributed by atoms with Crippen LogP contribution in [0.3, 0.4) is 0 Å². The molecule has 1 fully saturated rings. The van der Waals surface area contributed by atoms with Crippen molar-refractivity contribution in [2.75, 3.05) is 11.5 Å². The Balaban J connectivity index is 1.74. The van der Waals surface area contributed by atoms with Gasteiger partial charge in [-0.3, -0.25) is 14.5 Å². The van der Waals surface area contributed by atoms with Crippen LogP contribution in [0.15, 0.2) is 96.6 Å². The van der Waals surface area contributed by atoms with E-state index in [2.05, 4.69) is 0 Å². The molecular weight excluding hydrogens is 462 g/mol. The van der Waals surface area contributed by atoms with Crippen LogP contribution in [0.2, 0.25) is 5.02 Å². The molecule has 174 valence electrons. The molecule has 0 aliphatic carbocycles. The Bertz CT molecular complexity index is 1470. The Labute approximate surface area is 207 Å². The highest BCUT2D eigenvalue weighted by Crippen LogP contribution is 2.43. The summed E-state index contributed by atoms with van der Waals surface area (Å²) in [7, 11) is 0. The molecule has 1 amide bonds. The van der Waals surface area contributed by atoms with Gasteiger partial charge in [0.25, 0.3) is 11.7 Å². The lowest BCUT2D eigenvalue weighted by Crippen LogP contribution is -2.29. The number of amides is 1. The second-order valence-electron chi connectivity index (χ2n) is 8.18. The monoisotopic (exact) mass is 483 g/mol. The van der Waals surface area contributed by atoms with Crippen molar-refractivity contribution in [3.8, 4) is 5.75 Å². The number of halogens is 1. The summed E-state index contributed by atoms with van der Waals surface area (Å²) in [5, 5.41) is 13.7. The highest BCUT2D eigenvalue weighted by molar-refractivity contribution is 6.52.